The van der Waals surface area contributed by atoms with Gasteiger partial charge >= 0.3 is 0 Å². The van der Waals surface area contributed by atoms with E-state index in [0.29, 0.717) is 32.6 Å². The van der Waals surface area contributed by atoms with Crippen LogP contribution in [-0.4, -0.2) is 37.0 Å². The van der Waals surface area contributed by atoms with Crippen LogP contribution in [0.15, 0.2) is 12.1 Å². The van der Waals surface area contributed by atoms with Crippen LogP contribution < -0.4 is 10.6 Å². The molecule has 0 atom stereocenters. The number of halogens is 2. The number of nitrogens with zero attached hydrogens (tertiary/aromatic N) is 2. The van der Waals surface area contributed by atoms with Crippen LogP contribution in [0.1, 0.15) is 13.3 Å². The Morgan fingerprint density at radius 1 is 1.16 bits per heavy atom. The Morgan fingerprint density at radius 2 is 1.79 bits per heavy atom. The Hall–Kier alpha value is -1.85. The summed E-state index contributed by atoms with van der Waals surface area (Å²) < 4.78 is 27.7. The monoisotopic (exact) mass is 269 g/mol. The van der Waals surface area contributed by atoms with Gasteiger partial charge in [-0.1, -0.05) is 0 Å². The van der Waals surface area contributed by atoms with Gasteiger partial charge in [0.25, 0.3) is 0 Å². The number of nitrogens with two attached hydrogens (primary N) is 1. The first-order valence-corrected chi connectivity index (χ1v) is 6.24. The highest BCUT2D eigenvalue weighted by atomic mass is 19.1. The van der Waals surface area contributed by atoms with Crippen LogP contribution in [0, 0.1) is 11.6 Å². The average molecular weight is 269 g/mol. The number of hydrogen-bond donors (Lipinski definition) is 1. The molecule has 1 fully saturated rings. The molecule has 0 saturated carbocycles. The highest BCUT2D eigenvalue weighted by Crippen LogP contribution is 2.26. The highest BCUT2D eigenvalue weighted by Gasteiger charge is 2.21. The molecule has 2 N–H and O–H groups in total. The second-order valence-corrected chi connectivity index (χ2v) is 4.68. The third kappa shape index (κ3) is 2.94. The molecule has 0 radical (unpaired) electrons. The fourth-order valence-corrected chi connectivity index (χ4v) is 2.34. The number of anilines is 2. The zero-order valence-electron chi connectivity index (χ0n) is 10.8. The molecule has 6 heteroatoms. The third-order valence-electron chi connectivity index (χ3n) is 3.30. The van der Waals surface area contributed by atoms with E-state index >= 15 is 0 Å². The molecule has 1 aromatic rings. The van der Waals surface area contributed by atoms with Gasteiger partial charge in [-0.2, -0.15) is 0 Å². The molecule has 0 aliphatic carbocycles. The van der Waals surface area contributed by atoms with Gasteiger partial charge in [-0.15, -0.1) is 0 Å². The van der Waals surface area contributed by atoms with Gasteiger partial charge in [0.05, 0.1) is 0 Å². The number of benzene rings is 1. The van der Waals surface area contributed by atoms with Crippen LogP contribution in [0.5, 0.6) is 0 Å². The van der Waals surface area contributed by atoms with E-state index in [-0.39, 0.29) is 17.3 Å². The van der Waals surface area contributed by atoms with Crippen molar-refractivity contribution in [3.63, 3.8) is 0 Å². The minimum atomic E-state index is -0.659. The van der Waals surface area contributed by atoms with Gasteiger partial charge in [-0.05, 0) is 18.6 Å². The minimum absolute atomic E-state index is 0.0138. The average Bonchev–Trinajstić information content (AvgIpc) is 2.53. The van der Waals surface area contributed by atoms with E-state index in [1.54, 1.807) is 9.80 Å². The first kappa shape index (κ1) is 13.6. The van der Waals surface area contributed by atoms with Crippen molar-refractivity contribution >= 4 is 17.3 Å². The summed E-state index contributed by atoms with van der Waals surface area (Å²) in [6.45, 7) is 3.52. The fraction of sp³-hybridized carbons (Fsp3) is 0.462. The molecule has 0 unspecified atom stereocenters. The van der Waals surface area contributed by atoms with Crippen LogP contribution in [0.4, 0.5) is 20.2 Å². The summed E-state index contributed by atoms with van der Waals surface area (Å²) in [5, 5.41) is 0. The first-order chi connectivity index (χ1) is 8.99. The highest BCUT2D eigenvalue weighted by molar-refractivity contribution is 5.73. The molecular formula is C13H17F2N3O. The van der Waals surface area contributed by atoms with Crippen molar-refractivity contribution in [3.8, 4) is 0 Å². The van der Waals surface area contributed by atoms with Gasteiger partial charge in [0, 0.05) is 38.8 Å². The maximum absolute atomic E-state index is 13.8. The van der Waals surface area contributed by atoms with E-state index in [4.69, 9.17) is 5.73 Å². The smallest absolute Gasteiger partial charge is 0.219 e. The number of amides is 1. The van der Waals surface area contributed by atoms with Crippen molar-refractivity contribution < 1.29 is 13.6 Å². The zero-order chi connectivity index (χ0) is 14.0. The Bertz CT molecular complexity index is 470. The summed E-state index contributed by atoms with van der Waals surface area (Å²) in [6, 6.07) is 2.23. The topological polar surface area (TPSA) is 49.6 Å². The minimum Gasteiger partial charge on any atom is -0.399 e. The van der Waals surface area contributed by atoms with Crippen LogP contribution in [0.3, 0.4) is 0 Å². The van der Waals surface area contributed by atoms with Gasteiger partial charge in [-0.25, -0.2) is 8.78 Å². The lowest BCUT2D eigenvalue weighted by atomic mass is 10.2. The van der Waals surface area contributed by atoms with Gasteiger partial charge in [-0.3, -0.25) is 4.79 Å². The lowest BCUT2D eigenvalue weighted by Crippen LogP contribution is -2.34. The van der Waals surface area contributed by atoms with Crippen LogP contribution >= 0.6 is 0 Å². The molecule has 2 rings (SSSR count). The molecule has 104 valence electrons. The van der Waals surface area contributed by atoms with Crippen LogP contribution in [0.25, 0.3) is 0 Å². The summed E-state index contributed by atoms with van der Waals surface area (Å²) >= 11 is 0. The van der Waals surface area contributed by atoms with Crippen molar-refractivity contribution in [2.24, 2.45) is 0 Å². The van der Waals surface area contributed by atoms with Gasteiger partial charge in [0.2, 0.25) is 5.91 Å². The summed E-state index contributed by atoms with van der Waals surface area (Å²) in [4.78, 5) is 14.6. The number of carbonyl (C=O) groups excluding carboxylic acids is 1. The third-order valence-corrected chi connectivity index (χ3v) is 3.30. The zero-order valence-corrected chi connectivity index (χ0v) is 10.8. The van der Waals surface area contributed by atoms with Gasteiger partial charge in [0.1, 0.15) is 5.69 Å². The Labute approximate surface area is 110 Å². The van der Waals surface area contributed by atoms with Crippen LogP contribution in [-0.2, 0) is 4.79 Å². The van der Waals surface area contributed by atoms with Gasteiger partial charge < -0.3 is 15.5 Å². The van der Waals surface area contributed by atoms with Crippen molar-refractivity contribution in [1.29, 1.82) is 0 Å². The van der Waals surface area contributed by atoms with Crippen molar-refractivity contribution in [1.82, 2.24) is 4.90 Å². The lowest BCUT2D eigenvalue weighted by Gasteiger charge is -2.24. The van der Waals surface area contributed by atoms with Crippen molar-refractivity contribution in [2.45, 2.75) is 13.3 Å². The molecule has 1 aliphatic heterocycles. The van der Waals surface area contributed by atoms with E-state index in [0.717, 1.165) is 12.1 Å². The summed E-state index contributed by atoms with van der Waals surface area (Å²) in [5.41, 5.74) is 5.41. The van der Waals surface area contributed by atoms with E-state index in [1.807, 2.05) is 0 Å². The van der Waals surface area contributed by atoms with E-state index in [9.17, 15) is 13.6 Å². The predicted molar refractivity (Wildman–Crippen MR) is 69.9 cm³/mol. The molecule has 1 aliphatic rings. The van der Waals surface area contributed by atoms with Gasteiger partial charge in [0.15, 0.2) is 11.6 Å². The number of nitrogen functional groups attached to an aromatic ring is 1. The molecule has 1 heterocycles. The number of hydrogen-bond acceptors (Lipinski definition) is 3. The second kappa shape index (κ2) is 5.42. The van der Waals surface area contributed by atoms with E-state index in [2.05, 4.69) is 0 Å². The SMILES string of the molecule is CC(=O)N1CCCN(c2c(F)cc(N)cc2F)CC1. The fourth-order valence-electron chi connectivity index (χ4n) is 2.34. The second-order valence-electron chi connectivity index (χ2n) is 4.68. The largest absolute Gasteiger partial charge is 0.399 e. The van der Waals surface area contributed by atoms with E-state index in [1.165, 1.54) is 6.92 Å². The number of carbonyl (C=O) groups is 1. The molecule has 1 saturated heterocycles. The summed E-state index contributed by atoms with van der Waals surface area (Å²) in [6.07, 6.45) is 0.683. The maximum atomic E-state index is 13.8. The molecular weight excluding hydrogens is 252 g/mol. The molecule has 4 nitrogen and oxygen atoms in total. The van der Waals surface area contributed by atoms with Crippen LogP contribution in [0.2, 0.25) is 0 Å². The molecule has 0 aromatic heterocycles. The Kier molecular flexibility index (Phi) is 3.87. The van der Waals surface area contributed by atoms with Crippen molar-refractivity contribution in [2.75, 3.05) is 36.8 Å². The normalized spacial score (nSPS) is 16.4. The summed E-state index contributed by atoms with van der Waals surface area (Å²) in [7, 11) is 0. The maximum Gasteiger partial charge on any atom is 0.219 e. The first-order valence-electron chi connectivity index (χ1n) is 6.24. The standard InChI is InChI=1S/C13H17F2N3O/c1-9(19)17-3-2-4-18(6-5-17)13-11(14)7-10(16)8-12(13)15/h7-8H,2-6,16H2,1H3. The Morgan fingerprint density at radius 3 is 2.37 bits per heavy atom. The molecule has 1 amide bonds. The molecule has 0 bridgehead atoms. The molecule has 0 spiro atoms. The Balaban J connectivity index is 2.21. The molecule has 1 aromatic carbocycles. The summed E-state index contributed by atoms with van der Waals surface area (Å²) in [5.74, 6) is -1.33. The van der Waals surface area contributed by atoms with E-state index < -0.39 is 11.6 Å². The quantitative estimate of drug-likeness (QED) is 0.788. The molecule has 19 heavy (non-hydrogen) atoms. The lowest BCUT2D eigenvalue weighted by molar-refractivity contribution is -0.128. The predicted octanol–water partition coefficient (Wildman–Crippen LogP) is 1.61. The number of rotatable bonds is 1. The van der Waals surface area contributed by atoms with Crippen molar-refractivity contribution in [3.05, 3.63) is 23.8 Å².